The van der Waals surface area contributed by atoms with Crippen molar-refractivity contribution in [1.29, 1.82) is 0 Å². The van der Waals surface area contributed by atoms with Crippen LogP contribution in [0, 0.1) is 5.92 Å². The van der Waals surface area contributed by atoms with E-state index in [0.717, 1.165) is 5.56 Å². The van der Waals surface area contributed by atoms with Gasteiger partial charge in [-0.1, -0.05) is 50.2 Å². The molecule has 1 unspecified atom stereocenters. The topological polar surface area (TPSA) is 128 Å². The smallest absolute Gasteiger partial charge is 0.287 e. The van der Waals surface area contributed by atoms with E-state index in [0.29, 0.717) is 11.3 Å². The highest BCUT2D eigenvalue weighted by Gasteiger charge is 2.31. The molecular formula is C23H27N3O5. The van der Waals surface area contributed by atoms with E-state index in [9.17, 15) is 19.2 Å². The van der Waals surface area contributed by atoms with E-state index in [2.05, 4.69) is 10.6 Å². The summed E-state index contributed by atoms with van der Waals surface area (Å²) in [6.07, 6.45) is 0.100. The van der Waals surface area contributed by atoms with Crippen molar-refractivity contribution in [2.24, 2.45) is 11.7 Å². The monoisotopic (exact) mass is 425 g/mol. The molecule has 0 aliphatic rings. The van der Waals surface area contributed by atoms with E-state index in [1.54, 1.807) is 62.4 Å². The van der Waals surface area contributed by atoms with Gasteiger partial charge >= 0.3 is 0 Å². The number of ketones is 1. The van der Waals surface area contributed by atoms with Crippen LogP contribution >= 0.6 is 0 Å². The number of carbonyl (C=O) groups is 4. The first kappa shape index (κ1) is 23.6. The Morgan fingerprint density at radius 3 is 2.23 bits per heavy atom. The largest absolute Gasteiger partial charge is 0.497 e. The normalized spacial score (nSPS) is 12.5. The van der Waals surface area contributed by atoms with Crippen LogP contribution in [0.1, 0.15) is 29.8 Å². The van der Waals surface area contributed by atoms with Gasteiger partial charge in [0.05, 0.1) is 7.11 Å². The molecule has 0 aliphatic carbocycles. The minimum atomic E-state index is -1.14. The molecule has 0 saturated carbocycles. The lowest BCUT2D eigenvalue weighted by Crippen LogP contribution is -2.55. The van der Waals surface area contributed by atoms with E-state index in [1.807, 2.05) is 6.07 Å². The van der Waals surface area contributed by atoms with Crippen LogP contribution in [0.15, 0.2) is 54.6 Å². The van der Waals surface area contributed by atoms with Crippen molar-refractivity contribution < 1.29 is 23.9 Å². The van der Waals surface area contributed by atoms with Gasteiger partial charge in [-0.2, -0.15) is 0 Å². The van der Waals surface area contributed by atoms with E-state index in [-0.39, 0.29) is 12.3 Å². The Morgan fingerprint density at radius 1 is 0.968 bits per heavy atom. The molecule has 0 saturated heterocycles. The van der Waals surface area contributed by atoms with Gasteiger partial charge in [0.2, 0.25) is 11.7 Å². The van der Waals surface area contributed by atoms with Gasteiger partial charge in [0.1, 0.15) is 17.8 Å². The van der Waals surface area contributed by atoms with Crippen molar-refractivity contribution in [2.45, 2.75) is 32.4 Å². The lowest BCUT2D eigenvalue weighted by Gasteiger charge is -2.25. The molecule has 2 aromatic carbocycles. The first-order chi connectivity index (χ1) is 14.7. The Balaban J connectivity index is 2.18. The van der Waals surface area contributed by atoms with Crippen LogP contribution in [-0.4, -0.2) is 42.7 Å². The van der Waals surface area contributed by atoms with Crippen molar-refractivity contribution in [1.82, 2.24) is 10.6 Å². The molecule has 4 N–H and O–H groups in total. The quantitative estimate of drug-likeness (QED) is 0.494. The number of nitrogens with two attached hydrogens (primary N) is 1. The van der Waals surface area contributed by atoms with Gasteiger partial charge in [-0.15, -0.1) is 0 Å². The molecule has 8 nitrogen and oxygen atoms in total. The van der Waals surface area contributed by atoms with Gasteiger partial charge in [-0.05, 0) is 29.7 Å². The summed E-state index contributed by atoms with van der Waals surface area (Å²) in [7, 11) is 1.49. The number of primary amides is 1. The zero-order valence-electron chi connectivity index (χ0n) is 17.8. The number of hydrogen-bond donors (Lipinski definition) is 3. The molecule has 164 valence electrons. The summed E-state index contributed by atoms with van der Waals surface area (Å²) in [5.41, 5.74) is 6.24. The minimum Gasteiger partial charge on any atom is -0.497 e. The highest BCUT2D eigenvalue weighted by atomic mass is 16.5. The minimum absolute atomic E-state index is 0.100. The molecule has 0 heterocycles. The fraction of sp³-hybridized carbons (Fsp3) is 0.304. The molecule has 0 fully saturated rings. The van der Waals surface area contributed by atoms with Crippen LogP contribution in [0.25, 0.3) is 0 Å². The maximum atomic E-state index is 12.9. The molecule has 31 heavy (non-hydrogen) atoms. The van der Waals surface area contributed by atoms with Crippen molar-refractivity contribution >= 4 is 23.5 Å². The zero-order valence-corrected chi connectivity index (χ0v) is 17.8. The van der Waals surface area contributed by atoms with Crippen LogP contribution in [-0.2, 0) is 20.8 Å². The van der Waals surface area contributed by atoms with Crippen molar-refractivity contribution in [2.75, 3.05) is 7.11 Å². The van der Waals surface area contributed by atoms with Crippen LogP contribution in [0.4, 0.5) is 0 Å². The summed E-state index contributed by atoms with van der Waals surface area (Å²) < 4.78 is 5.12. The van der Waals surface area contributed by atoms with Gasteiger partial charge in [-0.3, -0.25) is 19.2 Å². The molecule has 0 aliphatic heterocycles. The molecule has 0 aromatic heterocycles. The molecular weight excluding hydrogens is 398 g/mol. The summed E-state index contributed by atoms with van der Waals surface area (Å²) in [5, 5.41) is 5.27. The molecule has 0 spiro atoms. The summed E-state index contributed by atoms with van der Waals surface area (Å²) in [4.78, 5) is 49.4. The fourth-order valence-corrected chi connectivity index (χ4v) is 3.02. The second-order valence-corrected chi connectivity index (χ2v) is 7.41. The van der Waals surface area contributed by atoms with Gasteiger partial charge in [0.15, 0.2) is 0 Å². The van der Waals surface area contributed by atoms with Gasteiger partial charge in [-0.25, -0.2) is 0 Å². The third kappa shape index (κ3) is 6.67. The average molecular weight is 425 g/mol. The number of hydrogen-bond acceptors (Lipinski definition) is 5. The molecule has 0 radical (unpaired) electrons. The van der Waals surface area contributed by atoms with Crippen molar-refractivity contribution in [3.8, 4) is 5.75 Å². The number of amides is 3. The van der Waals surface area contributed by atoms with Crippen LogP contribution in [0.2, 0.25) is 0 Å². The molecule has 2 atom stereocenters. The Morgan fingerprint density at radius 2 is 1.65 bits per heavy atom. The second kappa shape index (κ2) is 10.9. The SMILES string of the molecule is COc1cccc(C(=O)N[C@H](C(=O)NC(Cc2ccccc2)C(=O)C(N)=O)C(C)C)c1. The lowest BCUT2D eigenvalue weighted by molar-refractivity contribution is -0.138. The van der Waals surface area contributed by atoms with Gasteiger partial charge in [0, 0.05) is 12.0 Å². The molecule has 8 heteroatoms. The number of nitrogens with one attached hydrogen (secondary N) is 2. The van der Waals surface area contributed by atoms with E-state index < -0.39 is 35.6 Å². The summed E-state index contributed by atoms with van der Waals surface area (Å²) in [6.45, 7) is 3.52. The number of methoxy groups -OCH3 is 1. The maximum Gasteiger partial charge on any atom is 0.287 e. The third-order valence-corrected chi connectivity index (χ3v) is 4.73. The fourth-order valence-electron chi connectivity index (χ4n) is 3.02. The van der Waals surface area contributed by atoms with Gasteiger partial charge < -0.3 is 21.1 Å². The Hall–Kier alpha value is -3.68. The standard InChI is InChI=1S/C23H27N3O5/c1-14(2)19(26-22(29)16-10-7-11-17(13-16)31-3)23(30)25-18(20(27)21(24)28)12-15-8-5-4-6-9-15/h4-11,13-14,18-19H,12H2,1-3H3,(H2,24,28)(H,25,30)(H,26,29)/t18?,19-/m0/s1. The predicted octanol–water partition coefficient (Wildman–Crippen LogP) is 1.23. The van der Waals surface area contributed by atoms with Crippen molar-refractivity contribution in [3.63, 3.8) is 0 Å². The summed E-state index contributed by atoms with van der Waals surface area (Å²) >= 11 is 0. The van der Waals surface area contributed by atoms with Crippen LogP contribution in [0.3, 0.4) is 0 Å². The summed E-state index contributed by atoms with van der Waals surface area (Å²) in [5.74, 6) is -2.86. The number of carbonyl (C=O) groups excluding carboxylic acids is 4. The van der Waals surface area contributed by atoms with E-state index in [4.69, 9.17) is 10.5 Å². The Labute approximate surface area is 181 Å². The number of ether oxygens (including phenoxy) is 1. The maximum absolute atomic E-state index is 12.9. The Bertz CT molecular complexity index is 943. The second-order valence-electron chi connectivity index (χ2n) is 7.41. The molecule has 2 aromatic rings. The number of benzene rings is 2. The molecule has 0 bridgehead atoms. The zero-order chi connectivity index (χ0) is 23.0. The van der Waals surface area contributed by atoms with E-state index in [1.165, 1.54) is 7.11 Å². The van der Waals surface area contributed by atoms with Crippen LogP contribution in [0.5, 0.6) is 5.75 Å². The number of rotatable bonds is 10. The highest BCUT2D eigenvalue weighted by molar-refractivity contribution is 6.38. The highest BCUT2D eigenvalue weighted by Crippen LogP contribution is 2.14. The van der Waals surface area contributed by atoms with Gasteiger partial charge in [0.25, 0.3) is 11.8 Å². The van der Waals surface area contributed by atoms with Crippen LogP contribution < -0.4 is 21.1 Å². The summed E-state index contributed by atoms with van der Waals surface area (Å²) in [6, 6.07) is 13.4. The van der Waals surface area contributed by atoms with E-state index >= 15 is 0 Å². The first-order valence-electron chi connectivity index (χ1n) is 9.85. The lowest BCUT2D eigenvalue weighted by atomic mass is 9.99. The number of Topliss-reactive ketones (excluding diaryl/α,β-unsaturated/α-hetero) is 1. The molecule has 3 amide bonds. The van der Waals surface area contributed by atoms with Crippen molar-refractivity contribution in [3.05, 3.63) is 65.7 Å². The predicted molar refractivity (Wildman–Crippen MR) is 115 cm³/mol. The molecule has 2 rings (SSSR count). The third-order valence-electron chi connectivity index (χ3n) is 4.73. The first-order valence-corrected chi connectivity index (χ1v) is 9.85. The Kier molecular flexibility index (Phi) is 8.31. The average Bonchev–Trinajstić information content (AvgIpc) is 2.76.